The summed E-state index contributed by atoms with van der Waals surface area (Å²) in [6.07, 6.45) is 13.2. The van der Waals surface area contributed by atoms with Crippen molar-refractivity contribution in [2.45, 2.75) is 6.42 Å². The van der Waals surface area contributed by atoms with Gasteiger partial charge in [-0.05, 0) is 36.5 Å². The minimum Gasteiger partial charge on any atom is -1.00 e. The molecular weight excluding hydrogens is 440 g/mol. The highest BCUT2D eigenvalue weighted by Crippen LogP contribution is 2.14. The maximum Gasteiger partial charge on any atom is 0.0975 e. The second-order valence-corrected chi connectivity index (χ2v) is 6.31. The van der Waals surface area contributed by atoms with Gasteiger partial charge in [0.25, 0.3) is 0 Å². The Hall–Kier alpha value is -0.680. The van der Waals surface area contributed by atoms with Crippen LogP contribution in [-0.4, -0.2) is 61.3 Å². The molecule has 0 spiro atoms. The second kappa shape index (κ2) is 16.8. The van der Waals surface area contributed by atoms with Crippen LogP contribution in [0.15, 0.2) is 75.9 Å². The second-order valence-electron chi connectivity index (χ2n) is 6.31. The van der Waals surface area contributed by atoms with Gasteiger partial charge in [0.15, 0.2) is 0 Å². The summed E-state index contributed by atoms with van der Waals surface area (Å²) in [6.45, 7) is 31.4. The molecule has 25 heavy (non-hydrogen) atoms. The van der Waals surface area contributed by atoms with E-state index in [2.05, 4.69) is 39.5 Å². The zero-order valence-electron chi connectivity index (χ0n) is 15.7. The third-order valence-corrected chi connectivity index (χ3v) is 4.36. The highest BCUT2D eigenvalue weighted by atomic mass is 79.9. The molecule has 144 valence electrons. The molecule has 0 rings (SSSR count). The molecule has 0 aliphatic rings. The maximum atomic E-state index is 3.93. The van der Waals surface area contributed by atoms with Crippen LogP contribution in [-0.2, 0) is 0 Å². The maximum absolute atomic E-state index is 3.93. The van der Waals surface area contributed by atoms with Gasteiger partial charge < -0.3 is 42.9 Å². The smallest absolute Gasteiger partial charge is 0.0975 e. The molecule has 0 heterocycles. The summed E-state index contributed by atoms with van der Waals surface area (Å²) in [4.78, 5) is 0. The van der Waals surface area contributed by atoms with Gasteiger partial charge in [0, 0.05) is 6.42 Å². The first-order valence-corrected chi connectivity index (χ1v) is 8.43. The summed E-state index contributed by atoms with van der Waals surface area (Å²) in [5, 5.41) is 0. The van der Waals surface area contributed by atoms with Gasteiger partial charge in [-0.25, -0.2) is 0 Å². The van der Waals surface area contributed by atoms with Gasteiger partial charge in [0.05, 0.1) is 52.4 Å². The van der Waals surface area contributed by atoms with E-state index in [1.54, 1.807) is 0 Å². The van der Waals surface area contributed by atoms with Crippen molar-refractivity contribution in [3.05, 3.63) is 75.9 Å². The van der Waals surface area contributed by atoms with Crippen molar-refractivity contribution in [1.29, 1.82) is 0 Å². The fraction of sp³-hybridized carbons (Fsp3) is 0.429. The summed E-state index contributed by atoms with van der Waals surface area (Å²) >= 11 is 0. The molecule has 0 saturated carbocycles. The first-order valence-electron chi connectivity index (χ1n) is 8.43. The quantitative estimate of drug-likeness (QED) is 0.181. The SMILES string of the molecule is C=CC[N+](CC=C)(CC=C)CCC[N+](CC=C)(CC=C)CC=C.[Br-].[Br-]. The van der Waals surface area contributed by atoms with E-state index in [0.717, 1.165) is 67.7 Å². The average molecular weight is 476 g/mol. The van der Waals surface area contributed by atoms with E-state index in [9.17, 15) is 0 Å². The molecule has 0 fully saturated rings. The largest absolute Gasteiger partial charge is 1.00 e. The third kappa shape index (κ3) is 10.8. The van der Waals surface area contributed by atoms with Crippen molar-refractivity contribution < 1.29 is 42.9 Å². The number of rotatable bonds is 16. The lowest BCUT2D eigenvalue weighted by atomic mass is 10.2. The number of hydrogen-bond donors (Lipinski definition) is 0. The standard InChI is InChI=1S/C21H36N2.2BrH/c1-7-14-22(15-8-2,16-9-3)20-13-21-23(17-10-4,18-11-5)19-12-6;;/h7-12H,1-6,13-21H2;2*1H/q+2;;/p-2. The first kappa shape index (κ1) is 29.1. The zero-order chi connectivity index (χ0) is 17.6. The summed E-state index contributed by atoms with van der Waals surface area (Å²) in [5.41, 5.74) is 0. The predicted octanol–water partition coefficient (Wildman–Crippen LogP) is -1.87. The summed E-state index contributed by atoms with van der Waals surface area (Å²) in [7, 11) is 0. The van der Waals surface area contributed by atoms with Crippen molar-refractivity contribution in [2.75, 3.05) is 52.4 Å². The zero-order valence-corrected chi connectivity index (χ0v) is 18.9. The molecule has 0 aliphatic heterocycles. The Morgan fingerprint density at radius 2 is 0.640 bits per heavy atom. The van der Waals surface area contributed by atoms with Gasteiger partial charge >= 0.3 is 0 Å². The molecule has 0 aromatic carbocycles. The van der Waals surface area contributed by atoms with Crippen LogP contribution in [0.25, 0.3) is 0 Å². The van der Waals surface area contributed by atoms with Crippen LogP contribution >= 0.6 is 0 Å². The number of halogens is 2. The van der Waals surface area contributed by atoms with E-state index >= 15 is 0 Å². The van der Waals surface area contributed by atoms with Crippen LogP contribution in [0, 0.1) is 0 Å². The molecule has 0 atom stereocenters. The summed E-state index contributed by atoms with van der Waals surface area (Å²) in [6, 6.07) is 0. The number of nitrogens with zero attached hydrogens (tertiary/aromatic N) is 2. The van der Waals surface area contributed by atoms with Gasteiger partial charge in [0.1, 0.15) is 0 Å². The van der Waals surface area contributed by atoms with Crippen molar-refractivity contribution in [2.24, 2.45) is 0 Å². The minimum absolute atomic E-state index is 0. The van der Waals surface area contributed by atoms with Gasteiger partial charge in [-0.2, -0.15) is 0 Å². The van der Waals surface area contributed by atoms with E-state index in [1.807, 2.05) is 36.5 Å². The molecule has 0 aliphatic carbocycles. The molecule has 0 aromatic rings. The molecule has 0 saturated heterocycles. The summed E-state index contributed by atoms with van der Waals surface area (Å²) in [5.74, 6) is 0. The van der Waals surface area contributed by atoms with Crippen LogP contribution < -0.4 is 34.0 Å². The predicted molar refractivity (Wildman–Crippen MR) is 105 cm³/mol. The van der Waals surface area contributed by atoms with Crippen LogP contribution in [0.5, 0.6) is 0 Å². The van der Waals surface area contributed by atoms with E-state index in [4.69, 9.17) is 0 Å². The molecule has 0 N–H and O–H groups in total. The monoisotopic (exact) mass is 474 g/mol. The lowest BCUT2D eigenvalue weighted by molar-refractivity contribution is -0.930. The van der Waals surface area contributed by atoms with Gasteiger partial charge in [0.2, 0.25) is 0 Å². The Morgan fingerprint density at radius 3 is 0.800 bits per heavy atom. The Bertz CT molecular complexity index is 325. The van der Waals surface area contributed by atoms with E-state index in [-0.39, 0.29) is 34.0 Å². The van der Waals surface area contributed by atoms with Crippen LogP contribution in [0.1, 0.15) is 6.42 Å². The molecule has 0 radical (unpaired) electrons. The normalized spacial score (nSPS) is 10.6. The lowest BCUT2D eigenvalue weighted by Gasteiger charge is -2.39. The molecule has 0 aromatic heterocycles. The highest BCUT2D eigenvalue weighted by Gasteiger charge is 2.27. The van der Waals surface area contributed by atoms with Crippen LogP contribution in [0.4, 0.5) is 0 Å². The van der Waals surface area contributed by atoms with Gasteiger partial charge in [-0.1, -0.05) is 39.5 Å². The van der Waals surface area contributed by atoms with Crippen LogP contribution in [0.3, 0.4) is 0 Å². The molecule has 2 nitrogen and oxygen atoms in total. The third-order valence-electron chi connectivity index (χ3n) is 4.36. The van der Waals surface area contributed by atoms with Crippen molar-refractivity contribution in [3.8, 4) is 0 Å². The molecule has 0 amide bonds. The van der Waals surface area contributed by atoms with E-state index in [0.29, 0.717) is 0 Å². The molecule has 4 heteroatoms. The highest BCUT2D eigenvalue weighted by molar-refractivity contribution is 4.78. The van der Waals surface area contributed by atoms with Crippen LogP contribution in [0.2, 0.25) is 0 Å². The Balaban J connectivity index is -0.00000242. The van der Waals surface area contributed by atoms with Gasteiger partial charge in [-0.3, -0.25) is 0 Å². The van der Waals surface area contributed by atoms with E-state index in [1.165, 1.54) is 0 Å². The Morgan fingerprint density at radius 1 is 0.440 bits per heavy atom. The topological polar surface area (TPSA) is 0 Å². The molecule has 0 unspecified atom stereocenters. The minimum atomic E-state index is 0. The number of hydrogen-bond acceptors (Lipinski definition) is 0. The molecular formula is C21H36Br2N2. The Kier molecular flexibility index (Phi) is 19.5. The fourth-order valence-corrected chi connectivity index (χ4v) is 3.38. The summed E-state index contributed by atoms with van der Waals surface area (Å²) < 4.78 is 1.90. The Labute approximate surface area is 177 Å². The fourth-order valence-electron chi connectivity index (χ4n) is 3.38. The van der Waals surface area contributed by atoms with E-state index < -0.39 is 0 Å². The number of quaternary nitrogens is 2. The van der Waals surface area contributed by atoms with Crippen molar-refractivity contribution in [3.63, 3.8) is 0 Å². The first-order chi connectivity index (χ1) is 11.1. The van der Waals surface area contributed by atoms with Crippen molar-refractivity contribution >= 4 is 0 Å². The average Bonchev–Trinajstić information content (AvgIpc) is 2.49. The lowest BCUT2D eigenvalue weighted by Crippen LogP contribution is -3.00. The van der Waals surface area contributed by atoms with Gasteiger partial charge in [-0.15, -0.1) is 0 Å². The molecule has 0 bridgehead atoms. The van der Waals surface area contributed by atoms with Crippen molar-refractivity contribution in [1.82, 2.24) is 0 Å².